The van der Waals surface area contributed by atoms with Crippen LogP contribution in [-0.4, -0.2) is 34.8 Å². The maximum atomic E-state index is 12.5. The molecular weight excluding hydrogens is 276 g/mol. The molecule has 1 aliphatic rings. The zero-order chi connectivity index (χ0) is 15.5. The van der Waals surface area contributed by atoms with Crippen LogP contribution >= 0.6 is 0 Å². The molecule has 1 saturated heterocycles. The summed E-state index contributed by atoms with van der Waals surface area (Å²) in [5.74, 6) is 0.537. The first-order valence-electron chi connectivity index (χ1n) is 7.73. The highest BCUT2D eigenvalue weighted by Gasteiger charge is 2.32. The van der Waals surface area contributed by atoms with Crippen LogP contribution in [0.4, 0.5) is 5.69 Å². The number of aryl methyl sites for hydroxylation is 1. The molecule has 0 bridgehead atoms. The Hall–Kier alpha value is -2.14. The molecule has 0 aliphatic carbocycles. The molecule has 2 aromatic rings. The van der Waals surface area contributed by atoms with Crippen LogP contribution in [-0.2, 0) is 11.8 Å². The first-order valence-corrected chi connectivity index (χ1v) is 7.73. The van der Waals surface area contributed by atoms with E-state index in [-0.39, 0.29) is 11.9 Å². The second-order valence-electron chi connectivity index (χ2n) is 5.92. The monoisotopic (exact) mass is 298 g/mol. The van der Waals surface area contributed by atoms with E-state index in [9.17, 15) is 4.79 Å². The number of hydrogen-bond donors (Lipinski definition) is 1. The number of amides is 1. The smallest absolute Gasteiger partial charge is 0.244 e. The van der Waals surface area contributed by atoms with Gasteiger partial charge in [-0.15, -0.1) is 0 Å². The molecule has 1 N–H and O–H groups in total. The van der Waals surface area contributed by atoms with E-state index in [1.54, 1.807) is 10.9 Å². The Labute approximate surface area is 130 Å². The van der Waals surface area contributed by atoms with Gasteiger partial charge in [0, 0.05) is 26.3 Å². The fourth-order valence-corrected chi connectivity index (χ4v) is 2.89. The predicted molar refractivity (Wildman–Crippen MR) is 86.8 cm³/mol. The van der Waals surface area contributed by atoms with Crippen molar-refractivity contribution >= 4 is 11.6 Å². The average molecular weight is 298 g/mol. The van der Waals surface area contributed by atoms with Gasteiger partial charge in [0.1, 0.15) is 0 Å². The van der Waals surface area contributed by atoms with E-state index in [0.29, 0.717) is 5.92 Å². The summed E-state index contributed by atoms with van der Waals surface area (Å²) in [6.45, 7) is 3.74. The quantitative estimate of drug-likeness (QED) is 0.917. The molecule has 0 spiro atoms. The largest absolute Gasteiger partial charge is 0.308 e. The van der Waals surface area contributed by atoms with Gasteiger partial charge in [-0.3, -0.25) is 9.48 Å². The number of anilines is 1. The van der Waals surface area contributed by atoms with Crippen molar-refractivity contribution in [1.82, 2.24) is 15.1 Å². The first kappa shape index (κ1) is 14.8. The first-order chi connectivity index (χ1) is 10.6. The number of aromatic nitrogens is 2. The third-order valence-electron chi connectivity index (χ3n) is 4.25. The molecule has 1 aromatic heterocycles. The number of carbonyl (C=O) groups excluding carboxylic acids is 1. The lowest BCUT2D eigenvalue weighted by Crippen LogP contribution is -2.39. The lowest BCUT2D eigenvalue weighted by molar-refractivity contribution is -0.118. The Morgan fingerprint density at radius 2 is 2.14 bits per heavy atom. The molecule has 2 heterocycles. The Balaban J connectivity index is 1.57. The summed E-state index contributed by atoms with van der Waals surface area (Å²) in [6.07, 6.45) is 4.47. The van der Waals surface area contributed by atoms with E-state index >= 15 is 0 Å². The van der Waals surface area contributed by atoms with Crippen molar-refractivity contribution < 1.29 is 4.79 Å². The van der Waals surface area contributed by atoms with Crippen molar-refractivity contribution in [3.8, 4) is 0 Å². The summed E-state index contributed by atoms with van der Waals surface area (Å²) >= 11 is 0. The van der Waals surface area contributed by atoms with Gasteiger partial charge in [-0.25, -0.2) is 0 Å². The van der Waals surface area contributed by atoms with Gasteiger partial charge in [0.15, 0.2) is 0 Å². The number of hydrogen-bond acceptors (Lipinski definition) is 3. The third-order valence-corrected chi connectivity index (χ3v) is 4.25. The zero-order valence-electron chi connectivity index (χ0n) is 13.1. The van der Waals surface area contributed by atoms with Crippen molar-refractivity contribution in [3.63, 3.8) is 0 Å². The highest BCUT2D eigenvalue weighted by molar-refractivity contribution is 5.99. The van der Waals surface area contributed by atoms with Crippen LogP contribution in [0.25, 0.3) is 0 Å². The third kappa shape index (κ3) is 3.04. The molecule has 0 saturated carbocycles. The van der Waals surface area contributed by atoms with Crippen LogP contribution in [0.15, 0.2) is 42.7 Å². The molecule has 116 valence electrons. The molecule has 1 fully saturated rings. The second kappa shape index (κ2) is 6.32. The van der Waals surface area contributed by atoms with Crippen LogP contribution in [0.2, 0.25) is 0 Å². The van der Waals surface area contributed by atoms with Gasteiger partial charge < -0.3 is 10.2 Å². The molecule has 3 rings (SSSR count). The van der Waals surface area contributed by atoms with Crippen LogP contribution in [0, 0.1) is 0 Å². The number of nitrogens with zero attached hydrogens (tertiary/aromatic N) is 3. The van der Waals surface area contributed by atoms with E-state index in [4.69, 9.17) is 0 Å². The Morgan fingerprint density at radius 1 is 1.36 bits per heavy atom. The predicted octanol–water partition coefficient (Wildman–Crippen LogP) is 1.92. The maximum absolute atomic E-state index is 12.5. The SMILES string of the molecule is CC(CNC1CCN(c2cnn(C)c2)C1=O)c1ccccc1. The molecule has 2 atom stereocenters. The van der Waals surface area contributed by atoms with Crippen molar-refractivity contribution in [3.05, 3.63) is 48.3 Å². The highest BCUT2D eigenvalue weighted by Crippen LogP contribution is 2.21. The standard InChI is InChI=1S/C17H22N4O/c1-13(14-6-4-3-5-7-14)10-18-16-8-9-21(17(16)22)15-11-19-20(2)12-15/h3-7,11-13,16,18H,8-10H2,1-2H3. The van der Waals surface area contributed by atoms with Crippen molar-refractivity contribution in [2.75, 3.05) is 18.0 Å². The minimum absolute atomic E-state index is 0.0913. The summed E-state index contributed by atoms with van der Waals surface area (Å²) in [4.78, 5) is 14.3. The van der Waals surface area contributed by atoms with E-state index in [1.165, 1.54) is 5.56 Å². The van der Waals surface area contributed by atoms with Gasteiger partial charge in [-0.1, -0.05) is 37.3 Å². The lowest BCUT2D eigenvalue weighted by atomic mass is 10.0. The van der Waals surface area contributed by atoms with Gasteiger partial charge in [0.2, 0.25) is 5.91 Å². The van der Waals surface area contributed by atoms with Gasteiger partial charge >= 0.3 is 0 Å². The topological polar surface area (TPSA) is 50.2 Å². The van der Waals surface area contributed by atoms with Gasteiger partial charge in [0.25, 0.3) is 0 Å². The van der Waals surface area contributed by atoms with Crippen LogP contribution in [0.3, 0.4) is 0 Å². The van der Waals surface area contributed by atoms with E-state index in [0.717, 1.165) is 25.2 Å². The molecule has 0 radical (unpaired) electrons. The number of nitrogens with one attached hydrogen (secondary N) is 1. The second-order valence-corrected chi connectivity index (χ2v) is 5.92. The molecular formula is C17H22N4O. The van der Waals surface area contributed by atoms with E-state index < -0.39 is 0 Å². The molecule has 5 heteroatoms. The summed E-state index contributed by atoms with van der Waals surface area (Å²) in [7, 11) is 1.86. The van der Waals surface area contributed by atoms with Gasteiger partial charge in [-0.05, 0) is 17.9 Å². The molecule has 2 unspecified atom stereocenters. The summed E-state index contributed by atoms with van der Waals surface area (Å²) in [5.41, 5.74) is 2.18. The fourth-order valence-electron chi connectivity index (χ4n) is 2.89. The minimum Gasteiger partial charge on any atom is -0.308 e. The van der Waals surface area contributed by atoms with E-state index in [1.807, 2.05) is 24.2 Å². The van der Waals surface area contributed by atoms with Crippen LogP contribution in [0.5, 0.6) is 0 Å². The van der Waals surface area contributed by atoms with E-state index in [2.05, 4.69) is 41.6 Å². The van der Waals surface area contributed by atoms with Gasteiger partial charge in [-0.2, -0.15) is 5.10 Å². The van der Waals surface area contributed by atoms with Crippen molar-refractivity contribution in [2.24, 2.45) is 7.05 Å². The zero-order valence-corrected chi connectivity index (χ0v) is 13.1. The van der Waals surface area contributed by atoms with Crippen molar-refractivity contribution in [2.45, 2.75) is 25.3 Å². The lowest BCUT2D eigenvalue weighted by Gasteiger charge is -2.18. The minimum atomic E-state index is -0.0913. The molecule has 1 aliphatic heterocycles. The Bertz CT molecular complexity index is 637. The van der Waals surface area contributed by atoms with Crippen molar-refractivity contribution in [1.29, 1.82) is 0 Å². The maximum Gasteiger partial charge on any atom is 0.244 e. The number of benzene rings is 1. The molecule has 5 nitrogen and oxygen atoms in total. The average Bonchev–Trinajstić information content (AvgIpc) is 3.12. The number of carbonyl (C=O) groups is 1. The van der Waals surface area contributed by atoms with Crippen LogP contribution < -0.4 is 10.2 Å². The van der Waals surface area contributed by atoms with Crippen LogP contribution in [0.1, 0.15) is 24.8 Å². The normalized spacial score (nSPS) is 19.6. The molecule has 1 amide bonds. The summed E-state index contributed by atoms with van der Waals surface area (Å²) < 4.78 is 1.72. The molecule has 22 heavy (non-hydrogen) atoms. The van der Waals surface area contributed by atoms with Gasteiger partial charge in [0.05, 0.1) is 17.9 Å². The molecule has 1 aromatic carbocycles. The Kier molecular flexibility index (Phi) is 4.24. The fraction of sp³-hybridized carbons (Fsp3) is 0.412. The number of rotatable bonds is 5. The Morgan fingerprint density at radius 3 is 2.82 bits per heavy atom. The summed E-state index contributed by atoms with van der Waals surface area (Å²) in [6, 6.07) is 10.3. The summed E-state index contributed by atoms with van der Waals surface area (Å²) in [5, 5.41) is 7.55. The highest BCUT2D eigenvalue weighted by atomic mass is 16.2.